The van der Waals surface area contributed by atoms with E-state index >= 15 is 0 Å². The lowest BCUT2D eigenvalue weighted by atomic mass is 10.0. The third-order valence-electron chi connectivity index (χ3n) is 4.08. The van der Waals surface area contributed by atoms with Crippen molar-refractivity contribution in [3.05, 3.63) is 35.4 Å². The van der Waals surface area contributed by atoms with E-state index in [9.17, 15) is 14.7 Å². The van der Waals surface area contributed by atoms with Gasteiger partial charge in [0.1, 0.15) is 0 Å². The van der Waals surface area contributed by atoms with Gasteiger partial charge in [0.2, 0.25) is 5.91 Å². The Bertz CT molecular complexity index is 535. The summed E-state index contributed by atoms with van der Waals surface area (Å²) in [4.78, 5) is 24.9. The van der Waals surface area contributed by atoms with E-state index in [4.69, 9.17) is 5.11 Å². The standard InChI is InChI=1S/C16H21NO4/c1-17(11-16(21)8-4-5-9-16)14(18)10-12-6-2-3-7-13(12)15(19)20/h2-3,6-7,21H,4-5,8-11H2,1H3,(H,19,20). The molecule has 0 spiro atoms. The molecule has 1 fully saturated rings. The predicted octanol–water partition coefficient (Wildman–Crippen LogP) is 1.69. The van der Waals surface area contributed by atoms with E-state index in [1.807, 2.05) is 0 Å². The van der Waals surface area contributed by atoms with E-state index in [0.717, 1.165) is 25.7 Å². The lowest BCUT2D eigenvalue weighted by Gasteiger charge is -2.28. The molecule has 0 heterocycles. The van der Waals surface area contributed by atoms with Gasteiger partial charge in [0.05, 0.1) is 17.6 Å². The molecular weight excluding hydrogens is 270 g/mol. The fourth-order valence-corrected chi connectivity index (χ4v) is 2.90. The Morgan fingerprint density at radius 2 is 1.86 bits per heavy atom. The van der Waals surface area contributed by atoms with Crippen LogP contribution in [0.15, 0.2) is 24.3 Å². The van der Waals surface area contributed by atoms with Crippen molar-refractivity contribution in [2.75, 3.05) is 13.6 Å². The number of benzene rings is 1. The molecule has 1 aliphatic rings. The fourth-order valence-electron chi connectivity index (χ4n) is 2.90. The zero-order valence-electron chi connectivity index (χ0n) is 12.2. The summed E-state index contributed by atoms with van der Waals surface area (Å²) in [6, 6.07) is 6.51. The Hall–Kier alpha value is -1.88. The molecular formula is C16H21NO4. The Morgan fingerprint density at radius 3 is 2.48 bits per heavy atom. The van der Waals surface area contributed by atoms with E-state index in [0.29, 0.717) is 12.1 Å². The number of carboxylic acid groups (broad SMARTS) is 1. The number of carbonyl (C=O) groups is 2. The lowest BCUT2D eigenvalue weighted by Crippen LogP contribution is -2.42. The van der Waals surface area contributed by atoms with Crippen molar-refractivity contribution in [3.8, 4) is 0 Å². The summed E-state index contributed by atoms with van der Waals surface area (Å²) >= 11 is 0. The first-order valence-corrected chi connectivity index (χ1v) is 7.19. The number of carboxylic acids is 1. The van der Waals surface area contributed by atoms with E-state index in [2.05, 4.69) is 0 Å². The number of rotatable bonds is 5. The maximum atomic E-state index is 12.2. The minimum absolute atomic E-state index is 0.0368. The number of aliphatic hydroxyl groups is 1. The van der Waals surface area contributed by atoms with Crippen LogP contribution in [0.25, 0.3) is 0 Å². The van der Waals surface area contributed by atoms with E-state index in [1.165, 1.54) is 11.0 Å². The molecule has 5 nitrogen and oxygen atoms in total. The average Bonchev–Trinajstić information content (AvgIpc) is 2.85. The van der Waals surface area contributed by atoms with Gasteiger partial charge >= 0.3 is 5.97 Å². The third kappa shape index (κ3) is 3.82. The van der Waals surface area contributed by atoms with Crippen LogP contribution in [0.3, 0.4) is 0 Å². The largest absolute Gasteiger partial charge is 0.478 e. The first kappa shape index (κ1) is 15.5. The number of carbonyl (C=O) groups excluding carboxylic acids is 1. The molecule has 2 rings (SSSR count). The Kier molecular flexibility index (Phi) is 4.63. The number of nitrogens with zero attached hydrogens (tertiary/aromatic N) is 1. The van der Waals surface area contributed by atoms with Crippen molar-refractivity contribution in [2.45, 2.75) is 37.7 Å². The van der Waals surface area contributed by atoms with Crippen molar-refractivity contribution in [2.24, 2.45) is 0 Å². The van der Waals surface area contributed by atoms with Crippen LogP contribution in [0.5, 0.6) is 0 Å². The van der Waals surface area contributed by atoms with Crippen molar-refractivity contribution >= 4 is 11.9 Å². The van der Waals surface area contributed by atoms with E-state index < -0.39 is 11.6 Å². The second-order valence-electron chi connectivity index (χ2n) is 5.82. The average molecular weight is 291 g/mol. The number of aromatic carboxylic acids is 1. The van der Waals surface area contributed by atoms with E-state index in [1.54, 1.807) is 25.2 Å². The van der Waals surface area contributed by atoms with Gasteiger partial charge in [-0.2, -0.15) is 0 Å². The minimum atomic E-state index is -1.03. The van der Waals surface area contributed by atoms with Crippen LogP contribution in [0.1, 0.15) is 41.6 Å². The van der Waals surface area contributed by atoms with Crippen LogP contribution in [-0.4, -0.2) is 46.2 Å². The number of hydrogen-bond acceptors (Lipinski definition) is 3. The maximum Gasteiger partial charge on any atom is 0.335 e. The molecule has 2 N–H and O–H groups in total. The van der Waals surface area contributed by atoms with Crippen LogP contribution in [0.2, 0.25) is 0 Å². The molecule has 5 heteroatoms. The van der Waals surface area contributed by atoms with Crippen LogP contribution in [-0.2, 0) is 11.2 Å². The monoisotopic (exact) mass is 291 g/mol. The van der Waals surface area contributed by atoms with Gasteiger partial charge in [-0.05, 0) is 24.5 Å². The molecule has 0 aliphatic heterocycles. The molecule has 114 valence electrons. The normalized spacial score (nSPS) is 16.7. The topological polar surface area (TPSA) is 77.8 Å². The summed E-state index contributed by atoms with van der Waals surface area (Å²) in [7, 11) is 1.65. The van der Waals surface area contributed by atoms with Crippen LogP contribution in [0.4, 0.5) is 0 Å². The minimum Gasteiger partial charge on any atom is -0.478 e. The molecule has 1 aliphatic carbocycles. The van der Waals surface area contributed by atoms with E-state index in [-0.39, 0.29) is 17.9 Å². The molecule has 1 saturated carbocycles. The highest BCUT2D eigenvalue weighted by Gasteiger charge is 2.33. The number of hydrogen-bond donors (Lipinski definition) is 2. The van der Waals surface area contributed by atoms with Crippen molar-refractivity contribution in [1.82, 2.24) is 4.90 Å². The summed E-state index contributed by atoms with van der Waals surface area (Å²) in [5.41, 5.74) is -0.129. The Morgan fingerprint density at radius 1 is 1.24 bits per heavy atom. The summed E-state index contributed by atoms with van der Waals surface area (Å²) in [6.07, 6.45) is 3.45. The molecule has 21 heavy (non-hydrogen) atoms. The molecule has 0 radical (unpaired) electrons. The van der Waals surface area contributed by atoms with Crippen LogP contribution < -0.4 is 0 Å². The third-order valence-corrected chi connectivity index (χ3v) is 4.08. The van der Waals surface area contributed by atoms with Gasteiger partial charge in [-0.25, -0.2) is 4.79 Å². The highest BCUT2D eigenvalue weighted by Crippen LogP contribution is 2.30. The summed E-state index contributed by atoms with van der Waals surface area (Å²) < 4.78 is 0. The first-order chi connectivity index (χ1) is 9.91. The van der Waals surface area contributed by atoms with Gasteiger partial charge in [-0.1, -0.05) is 31.0 Å². The van der Waals surface area contributed by atoms with Gasteiger partial charge in [0.15, 0.2) is 0 Å². The molecule has 0 atom stereocenters. The van der Waals surface area contributed by atoms with Gasteiger partial charge in [-0.15, -0.1) is 0 Å². The maximum absolute atomic E-state index is 12.2. The van der Waals surface area contributed by atoms with Gasteiger partial charge in [0, 0.05) is 13.6 Å². The van der Waals surface area contributed by atoms with Gasteiger partial charge in [0.25, 0.3) is 0 Å². The first-order valence-electron chi connectivity index (χ1n) is 7.19. The Balaban J connectivity index is 2.02. The second kappa shape index (κ2) is 6.26. The molecule has 1 aromatic carbocycles. The smallest absolute Gasteiger partial charge is 0.335 e. The predicted molar refractivity (Wildman–Crippen MR) is 78.2 cm³/mol. The highest BCUT2D eigenvalue weighted by molar-refractivity contribution is 5.91. The SMILES string of the molecule is CN(CC1(O)CCCC1)C(=O)Cc1ccccc1C(=O)O. The lowest BCUT2D eigenvalue weighted by molar-refractivity contribution is -0.132. The van der Waals surface area contributed by atoms with Crippen molar-refractivity contribution < 1.29 is 19.8 Å². The summed E-state index contributed by atoms with van der Waals surface area (Å²) in [5, 5.41) is 19.5. The second-order valence-corrected chi connectivity index (χ2v) is 5.82. The Labute approximate surface area is 124 Å². The van der Waals surface area contributed by atoms with Gasteiger partial charge < -0.3 is 15.1 Å². The summed E-state index contributed by atoms with van der Waals surface area (Å²) in [6.45, 7) is 0.307. The van der Waals surface area contributed by atoms with Crippen molar-refractivity contribution in [3.63, 3.8) is 0 Å². The zero-order valence-corrected chi connectivity index (χ0v) is 12.2. The highest BCUT2D eigenvalue weighted by atomic mass is 16.4. The molecule has 0 unspecified atom stereocenters. The molecule has 0 saturated heterocycles. The van der Waals surface area contributed by atoms with Crippen LogP contribution >= 0.6 is 0 Å². The molecule has 1 amide bonds. The molecule has 1 aromatic rings. The van der Waals surface area contributed by atoms with Gasteiger partial charge in [-0.3, -0.25) is 4.79 Å². The molecule has 0 aromatic heterocycles. The molecule has 0 bridgehead atoms. The number of likely N-dealkylation sites (N-methyl/N-ethyl adjacent to an activating group) is 1. The summed E-state index contributed by atoms with van der Waals surface area (Å²) in [5.74, 6) is -1.21. The quantitative estimate of drug-likeness (QED) is 0.865. The van der Waals surface area contributed by atoms with Crippen molar-refractivity contribution in [1.29, 1.82) is 0 Å². The van der Waals surface area contributed by atoms with Crippen LogP contribution in [0, 0.1) is 0 Å². The zero-order chi connectivity index (χ0) is 15.5. The fraction of sp³-hybridized carbons (Fsp3) is 0.500. The number of amides is 1.